The lowest BCUT2D eigenvalue weighted by Gasteiger charge is -2.38. The number of amides is 2. The first-order valence-corrected chi connectivity index (χ1v) is 9.11. The number of methoxy groups -OCH3 is 1. The van der Waals surface area contributed by atoms with Crippen LogP contribution in [0.3, 0.4) is 0 Å². The van der Waals surface area contributed by atoms with Gasteiger partial charge in [0.25, 0.3) is 0 Å². The highest BCUT2D eigenvalue weighted by Crippen LogP contribution is 2.11. The first-order valence-electron chi connectivity index (χ1n) is 9.11. The van der Waals surface area contributed by atoms with Crippen molar-refractivity contribution in [1.29, 1.82) is 0 Å². The first-order chi connectivity index (χ1) is 12.0. The van der Waals surface area contributed by atoms with Crippen LogP contribution in [0.4, 0.5) is 0 Å². The lowest BCUT2D eigenvalue weighted by Crippen LogP contribution is -2.54. The van der Waals surface area contributed by atoms with Crippen molar-refractivity contribution < 1.29 is 19.1 Å². The minimum atomic E-state index is 0.0258. The van der Waals surface area contributed by atoms with Crippen molar-refractivity contribution in [2.75, 3.05) is 72.6 Å². The zero-order chi connectivity index (χ0) is 18.2. The lowest BCUT2D eigenvalue weighted by atomic mass is 10.2. The summed E-state index contributed by atoms with van der Waals surface area (Å²) in [4.78, 5) is 30.5. The van der Waals surface area contributed by atoms with Crippen molar-refractivity contribution in [2.45, 2.75) is 26.1 Å². The summed E-state index contributed by atoms with van der Waals surface area (Å²) in [7, 11) is 1.62. The van der Waals surface area contributed by atoms with E-state index in [-0.39, 0.29) is 24.0 Å². The number of carbonyl (C=O) groups is 2. The van der Waals surface area contributed by atoms with Crippen LogP contribution in [0.2, 0.25) is 0 Å². The van der Waals surface area contributed by atoms with Crippen molar-refractivity contribution in [1.82, 2.24) is 20.0 Å². The predicted molar refractivity (Wildman–Crippen MR) is 94.4 cm³/mol. The van der Waals surface area contributed by atoms with E-state index in [0.717, 1.165) is 26.2 Å². The molecule has 2 aliphatic rings. The van der Waals surface area contributed by atoms with Crippen molar-refractivity contribution in [3.05, 3.63) is 0 Å². The summed E-state index contributed by atoms with van der Waals surface area (Å²) in [5, 5.41) is 2.83. The molecule has 0 aliphatic carbocycles. The van der Waals surface area contributed by atoms with Gasteiger partial charge in [0.2, 0.25) is 11.8 Å². The maximum absolute atomic E-state index is 12.5. The Balaban J connectivity index is 1.66. The van der Waals surface area contributed by atoms with E-state index in [0.29, 0.717) is 39.3 Å². The van der Waals surface area contributed by atoms with Crippen molar-refractivity contribution >= 4 is 11.8 Å². The fourth-order valence-electron chi connectivity index (χ4n) is 3.33. The summed E-state index contributed by atoms with van der Waals surface area (Å²) < 4.78 is 10.6. The molecule has 0 aromatic carbocycles. The number of ether oxygens (including phenoxy) is 2. The molecule has 2 saturated heterocycles. The summed E-state index contributed by atoms with van der Waals surface area (Å²) in [6.07, 6.45) is 0.197. The highest BCUT2D eigenvalue weighted by molar-refractivity contribution is 5.78. The molecule has 0 radical (unpaired) electrons. The Bertz CT molecular complexity index is 430. The number of nitrogens with zero attached hydrogens (tertiary/aromatic N) is 3. The van der Waals surface area contributed by atoms with Gasteiger partial charge < -0.3 is 19.7 Å². The van der Waals surface area contributed by atoms with E-state index in [2.05, 4.69) is 15.1 Å². The fourth-order valence-corrected chi connectivity index (χ4v) is 3.33. The molecule has 0 aromatic rings. The van der Waals surface area contributed by atoms with E-state index in [1.165, 1.54) is 0 Å². The number of morpholine rings is 1. The van der Waals surface area contributed by atoms with Gasteiger partial charge >= 0.3 is 0 Å². The van der Waals surface area contributed by atoms with Crippen LogP contribution in [0.5, 0.6) is 0 Å². The van der Waals surface area contributed by atoms with Crippen LogP contribution in [0, 0.1) is 0 Å². The minimum Gasteiger partial charge on any atom is -0.383 e. The summed E-state index contributed by atoms with van der Waals surface area (Å²) in [6.45, 7) is 10.5. The predicted octanol–water partition coefficient (Wildman–Crippen LogP) is -0.998. The van der Waals surface area contributed by atoms with Gasteiger partial charge in [-0.1, -0.05) is 0 Å². The topological polar surface area (TPSA) is 74.4 Å². The molecule has 25 heavy (non-hydrogen) atoms. The van der Waals surface area contributed by atoms with Crippen molar-refractivity contribution in [3.8, 4) is 0 Å². The molecule has 0 bridgehead atoms. The number of hydrogen-bond acceptors (Lipinski definition) is 6. The Morgan fingerprint density at radius 3 is 2.16 bits per heavy atom. The largest absolute Gasteiger partial charge is 0.383 e. The number of piperazine rings is 1. The summed E-state index contributed by atoms with van der Waals surface area (Å²) >= 11 is 0. The zero-order valence-corrected chi connectivity index (χ0v) is 15.7. The van der Waals surface area contributed by atoms with Crippen LogP contribution in [-0.4, -0.2) is 111 Å². The molecular formula is C17H32N4O4. The smallest absolute Gasteiger partial charge is 0.236 e. The second-order valence-corrected chi connectivity index (χ2v) is 6.95. The highest BCUT2D eigenvalue weighted by Gasteiger charge is 2.28. The van der Waals surface area contributed by atoms with E-state index in [9.17, 15) is 9.59 Å². The molecule has 2 unspecified atom stereocenters. The molecule has 0 saturated carbocycles. The third kappa shape index (κ3) is 6.89. The maximum atomic E-state index is 12.5. The number of carbonyl (C=O) groups excluding carboxylic acids is 2. The number of nitrogens with one attached hydrogen (secondary N) is 1. The van der Waals surface area contributed by atoms with Crippen molar-refractivity contribution in [2.24, 2.45) is 0 Å². The highest BCUT2D eigenvalue weighted by atomic mass is 16.5. The average molecular weight is 356 g/mol. The molecule has 8 nitrogen and oxygen atoms in total. The number of rotatable bonds is 7. The Morgan fingerprint density at radius 1 is 1.04 bits per heavy atom. The Hall–Kier alpha value is -1.22. The van der Waals surface area contributed by atoms with Gasteiger partial charge in [-0.2, -0.15) is 0 Å². The van der Waals surface area contributed by atoms with Gasteiger partial charge in [0, 0.05) is 52.9 Å². The molecule has 0 aromatic heterocycles. The normalized spacial score (nSPS) is 25.8. The summed E-state index contributed by atoms with van der Waals surface area (Å²) in [6, 6.07) is 0. The minimum absolute atomic E-state index is 0.0258. The van der Waals surface area contributed by atoms with Gasteiger partial charge in [0.1, 0.15) is 0 Å². The van der Waals surface area contributed by atoms with Gasteiger partial charge in [0.15, 0.2) is 0 Å². The van der Waals surface area contributed by atoms with Crippen molar-refractivity contribution in [3.63, 3.8) is 0 Å². The third-order valence-electron chi connectivity index (χ3n) is 4.59. The molecule has 2 heterocycles. The van der Waals surface area contributed by atoms with Crippen LogP contribution in [-0.2, 0) is 19.1 Å². The molecule has 8 heteroatoms. The Labute approximate surface area is 150 Å². The first kappa shape index (κ1) is 20.1. The van der Waals surface area contributed by atoms with Crippen LogP contribution in [0.25, 0.3) is 0 Å². The van der Waals surface area contributed by atoms with Gasteiger partial charge in [-0.25, -0.2) is 0 Å². The third-order valence-corrected chi connectivity index (χ3v) is 4.59. The molecule has 1 N–H and O–H groups in total. The summed E-state index contributed by atoms with van der Waals surface area (Å²) in [5.74, 6) is 0.200. The second-order valence-electron chi connectivity index (χ2n) is 6.95. The molecule has 2 aliphatic heterocycles. The number of hydrogen-bond donors (Lipinski definition) is 1. The maximum Gasteiger partial charge on any atom is 0.236 e. The van der Waals surface area contributed by atoms with E-state index >= 15 is 0 Å². The van der Waals surface area contributed by atoms with Gasteiger partial charge in [-0.15, -0.1) is 0 Å². The van der Waals surface area contributed by atoms with Crippen LogP contribution in [0.15, 0.2) is 0 Å². The van der Waals surface area contributed by atoms with E-state index in [4.69, 9.17) is 9.47 Å². The summed E-state index contributed by atoms with van der Waals surface area (Å²) in [5.41, 5.74) is 0. The van der Waals surface area contributed by atoms with Gasteiger partial charge in [-0.05, 0) is 13.8 Å². The van der Waals surface area contributed by atoms with Crippen LogP contribution >= 0.6 is 0 Å². The monoisotopic (exact) mass is 356 g/mol. The van der Waals surface area contributed by atoms with Gasteiger partial charge in [0.05, 0.1) is 31.9 Å². The SMILES string of the molecule is COCCNC(=O)CN1CCN(CC(=O)N2CC(C)OC(C)C2)CC1. The van der Waals surface area contributed by atoms with Gasteiger partial charge in [-0.3, -0.25) is 19.4 Å². The quantitative estimate of drug-likeness (QED) is 0.590. The fraction of sp³-hybridized carbons (Fsp3) is 0.882. The molecule has 2 fully saturated rings. The molecule has 2 amide bonds. The molecule has 0 spiro atoms. The molecular weight excluding hydrogens is 324 g/mol. The average Bonchev–Trinajstić information content (AvgIpc) is 2.56. The molecule has 144 valence electrons. The Morgan fingerprint density at radius 2 is 1.60 bits per heavy atom. The lowest BCUT2D eigenvalue weighted by molar-refractivity contribution is -0.144. The Kier molecular flexibility index (Phi) is 8.08. The van der Waals surface area contributed by atoms with E-state index < -0.39 is 0 Å². The van der Waals surface area contributed by atoms with E-state index in [1.54, 1.807) is 7.11 Å². The van der Waals surface area contributed by atoms with Crippen LogP contribution in [0.1, 0.15) is 13.8 Å². The second kappa shape index (κ2) is 10.1. The molecule has 2 atom stereocenters. The standard InChI is InChI=1S/C17H32N4O4/c1-14-10-21(11-15(2)25-14)17(23)13-20-7-5-19(6-8-20)12-16(22)18-4-9-24-3/h14-15H,4-13H2,1-3H3,(H,18,22). The van der Waals surface area contributed by atoms with Crippen LogP contribution < -0.4 is 5.32 Å². The van der Waals surface area contributed by atoms with E-state index in [1.807, 2.05) is 18.7 Å². The zero-order valence-electron chi connectivity index (χ0n) is 15.7. The molecule has 2 rings (SSSR count).